The Bertz CT molecular complexity index is 828. The topological polar surface area (TPSA) is 89.5 Å². The number of nitrogens with one attached hydrogen (secondary N) is 1. The van der Waals surface area contributed by atoms with Crippen molar-refractivity contribution in [3.63, 3.8) is 0 Å². The molecule has 1 heterocycles. The van der Waals surface area contributed by atoms with Gasteiger partial charge in [-0.05, 0) is 36.4 Å². The molecule has 0 radical (unpaired) electrons. The molecule has 0 aliphatic rings. The molecule has 134 valence electrons. The number of aryl methyl sites for hydroxylation is 1. The van der Waals surface area contributed by atoms with Crippen LogP contribution in [0.15, 0.2) is 46.7 Å². The lowest BCUT2D eigenvalue weighted by Gasteiger charge is -2.10. The summed E-state index contributed by atoms with van der Waals surface area (Å²) in [5.41, 5.74) is 0.170. The van der Waals surface area contributed by atoms with E-state index in [-0.39, 0.29) is 17.0 Å². The number of thiophene rings is 1. The number of sulfone groups is 1. The highest BCUT2D eigenvalue weighted by molar-refractivity contribution is 7.90. The van der Waals surface area contributed by atoms with E-state index in [2.05, 4.69) is 5.32 Å². The van der Waals surface area contributed by atoms with Crippen molar-refractivity contribution >= 4 is 38.7 Å². The maximum Gasteiger partial charge on any atom is 0.306 e. The minimum Gasteiger partial charge on any atom is -0.456 e. The second-order valence-corrected chi connectivity index (χ2v) is 8.43. The lowest BCUT2D eigenvalue weighted by molar-refractivity contribution is -0.147. The molecule has 1 N–H and O–H groups in total. The number of hydrogen-bond donors (Lipinski definition) is 1. The Labute approximate surface area is 150 Å². The van der Waals surface area contributed by atoms with Crippen LogP contribution in [0.3, 0.4) is 0 Å². The van der Waals surface area contributed by atoms with Crippen LogP contribution in [-0.2, 0) is 30.6 Å². The van der Waals surface area contributed by atoms with E-state index in [1.165, 1.54) is 17.0 Å². The molecule has 1 aromatic carbocycles. The van der Waals surface area contributed by atoms with Crippen molar-refractivity contribution in [2.24, 2.45) is 0 Å². The Morgan fingerprint density at radius 3 is 2.60 bits per heavy atom. The number of para-hydroxylation sites is 1. The molecule has 2 rings (SSSR count). The zero-order chi connectivity index (χ0) is 18.3. The van der Waals surface area contributed by atoms with E-state index in [1.807, 2.05) is 17.5 Å². The van der Waals surface area contributed by atoms with E-state index in [0.29, 0.717) is 6.42 Å². The zero-order valence-electron chi connectivity index (χ0n) is 13.7. The third-order valence-electron chi connectivity index (χ3n) is 3.31. The number of anilines is 1. The molecular weight excluding hydrogens is 362 g/mol. The largest absolute Gasteiger partial charge is 0.456 e. The van der Waals surface area contributed by atoms with Crippen LogP contribution in [0.25, 0.3) is 0 Å². The standard InChI is InChI=1S/C17H19NO5S2/c1-25(21,22)15-9-3-2-8-14(15)18-16(19)12-23-17(20)10-4-6-13-7-5-11-24-13/h2-3,5,7-9,11H,4,6,10,12H2,1H3,(H,18,19). The second kappa shape index (κ2) is 8.77. The monoisotopic (exact) mass is 381 g/mol. The summed E-state index contributed by atoms with van der Waals surface area (Å²) in [6, 6.07) is 10.0. The van der Waals surface area contributed by atoms with Crippen LogP contribution in [-0.4, -0.2) is 33.2 Å². The molecule has 8 heteroatoms. The first-order valence-electron chi connectivity index (χ1n) is 7.63. The van der Waals surface area contributed by atoms with Crippen molar-refractivity contribution in [1.82, 2.24) is 0 Å². The van der Waals surface area contributed by atoms with Crippen molar-refractivity contribution in [2.45, 2.75) is 24.2 Å². The minimum absolute atomic E-state index is 0.0191. The fourth-order valence-electron chi connectivity index (χ4n) is 2.16. The van der Waals surface area contributed by atoms with Crippen LogP contribution >= 0.6 is 11.3 Å². The summed E-state index contributed by atoms with van der Waals surface area (Å²) in [7, 11) is -3.47. The SMILES string of the molecule is CS(=O)(=O)c1ccccc1NC(=O)COC(=O)CCCc1cccs1. The third kappa shape index (κ3) is 6.32. The molecule has 0 unspecified atom stereocenters. The van der Waals surface area contributed by atoms with Gasteiger partial charge in [-0.25, -0.2) is 8.42 Å². The van der Waals surface area contributed by atoms with Crippen LogP contribution in [0.5, 0.6) is 0 Å². The molecule has 0 fully saturated rings. The Morgan fingerprint density at radius 2 is 1.92 bits per heavy atom. The lowest BCUT2D eigenvalue weighted by atomic mass is 10.2. The van der Waals surface area contributed by atoms with Gasteiger partial charge in [-0.15, -0.1) is 11.3 Å². The van der Waals surface area contributed by atoms with Crippen molar-refractivity contribution in [1.29, 1.82) is 0 Å². The van der Waals surface area contributed by atoms with Gasteiger partial charge in [-0.2, -0.15) is 0 Å². The van der Waals surface area contributed by atoms with E-state index in [0.717, 1.165) is 12.7 Å². The fraction of sp³-hybridized carbons (Fsp3) is 0.294. The number of amides is 1. The first-order chi connectivity index (χ1) is 11.9. The van der Waals surface area contributed by atoms with Crippen LogP contribution in [0.4, 0.5) is 5.69 Å². The zero-order valence-corrected chi connectivity index (χ0v) is 15.4. The molecule has 25 heavy (non-hydrogen) atoms. The van der Waals surface area contributed by atoms with Crippen LogP contribution in [0.2, 0.25) is 0 Å². The summed E-state index contributed by atoms with van der Waals surface area (Å²) in [6.45, 7) is -0.448. The van der Waals surface area contributed by atoms with Crippen LogP contribution in [0.1, 0.15) is 17.7 Å². The second-order valence-electron chi connectivity index (χ2n) is 5.41. The van der Waals surface area contributed by atoms with E-state index >= 15 is 0 Å². The number of ether oxygens (including phenoxy) is 1. The van der Waals surface area contributed by atoms with Crippen molar-refractivity contribution in [2.75, 3.05) is 18.2 Å². The van der Waals surface area contributed by atoms with Crippen molar-refractivity contribution < 1.29 is 22.7 Å². The van der Waals surface area contributed by atoms with Crippen molar-refractivity contribution in [3.8, 4) is 0 Å². The molecule has 0 bridgehead atoms. The van der Waals surface area contributed by atoms with Crippen LogP contribution < -0.4 is 5.32 Å². The number of benzene rings is 1. The summed E-state index contributed by atoms with van der Waals surface area (Å²) in [4.78, 5) is 24.8. The normalized spacial score (nSPS) is 11.1. The van der Waals surface area contributed by atoms with Gasteiger partial charge in [-0.1, -0.05) is 18.2 Å². The molecule has 0 saturated carbocycles. The number of carbonyl (C=O) groups is 2. The highest BCUT2D eigenvalue weighted by Gasteiger charge is 2.15. The van der Waals surface area contributed by atoms with Gasteiger partial charge in [0.1, 0.15) is 0 Å². The maximum absolute atomic E-state index is 11.9. The van der Waals surface area contributed by atoms with Gasteiger partial charge in [0.15, 0.2) is 16.4 Å². The average molecular weight is 381 g/mol. The van der Waals surface area contributed by atoms with Gasteiger partial charge < -0.3 is 10.1 Å². The van der Waals surface area contributed by atoms with E-state index in [1.54, 1.807) is 23.5 Å². The van der Waals surface area contributed by atoms with Crippen LogP contribution in [0, 0.1) is 0 Å². The van der Waals surface area contributed by atoms with Gasteiger partial charge in [0.25, 0.3) is 5.91 Å². The summed E-state index contributed by atoms with van der Waals surface area (Å²) in [5, 5.41) is 4.44. The summed E-state index contributed by atoms with van der Waals surface area (Å²) in [6.07, 6.45) is 2.73. The smallest absolute Gasteiger partial charge is 0.306 e. The molecule has 1 amide bonds. The van der Waals surface area contributed by atoms with E-state index in [4.69, 9.17) is 4.74 Å². The fourth-order valence-corrected chi connectivity index (χ4v) is 3.76. The van der Waals surface area contributed by atoms with Gasteiger partial charge in [-0.3, -0.25) is 9.59 Å². The van der Waals surface area contributed by atoms with Gasteiger partial charge in [0, 0.05) is 17.6 Å². The summed E-state index contributed by atoms with van der Waals surface area (Å²) in [5.74, 6) is -1.04. The summed E-state index contributed by atoms with van der Waals surface area (Å²) < 4.78 is 28.3. The average Bonchev–Trinajstić information content (AvgIpc) is 3.06. The quantitative estimate of drug-likeness (QED) is 0.710. The highest BCUT2D eigenvalue weighted by atomic mass is 32.2. The Morgan fingerprint density at radius 1 is 1.16 bits per heavy atom. The highest BCUT2D eigenvalue weighted by Crippen LogP contribution is 2.20. The molecule has 0 aliphatic carbocycles. The van der Waals surface area contributed by atoms with Gasteiger partial charge in [0.05, 0.1) is 10.6 Å². The molecular formula is C17H19NO5S2. The number of esters is 1. The molecule has 1 aromatic heterocycles. The molecule has 6 nitrogen and oxygen atoms in total. The van der Waals surface area contributed by atoms with E-state index in [9.17, 15) is 18.0 Å². The Kier molecular flexibility index (Phi) is 6.72. The van der Waals surface area contributed by atoms with E-state index < -0.39 is 28.3 Å². The maximum atomic E-state index is 11.9. The first-order valence-corrected chi connectivity index (χ1v) is 10.4. The Hall–Kier alpha value is -2.19. The lowest BCUT2D eigenvalue weighted by Crippen LogP contribution is -2.21. The first kappa shape index (κ1) is 19.1. The van der Waals surface area contributed by atoms with Gasteiger partial charge >= 0.3 is 5.97 Å². The molecule has 0 aliphatic heterocycles. The number of hydrogen-bond acceptors (Lipinski definition) is 6. The minimum atomic E-state index is -3.47. The number of carbonyl (C=O) groups excluding carboxylic acids is 2. The number of rotatable bonds is 8. The predicted octanol–water partition coefficient (Wildman–Crippen LogP) is 2.66. The molecule has 0 spiro atoms. The molecule has 2 aromatic rings. The van der Waals surface area contributed by atoms with Gasteiger partial charge in [0.2, 0.25) is 0 Å². The van der Waals surface area contributed by atoms with Crippen molar-refractivity contribution in [3.05, 3.63) is 46.7 Å². The third-order valence-corrected chi connectivity index (χ3v) is 5.40. The summed E-state index contributed by atoms with van der Waals surface area (Å²) >= 11 is 1.63. The Balaban J connectivity index is 1.78. The predicted molar refractivity (Wildman–Crippen MR) is 96.4 cm³/mol. The molecule has 0 atom stereocenters. The molecule has 0 saturated heterocycles.